The molecule has 0 saturated carbocycles. The summed E-state index contributed by atoms with van der Waals surface area (Å²) in [6.07, 6.45) is 0. The van der Waals surface area contributed by atoms with E-state index in [1.165, 1.54) is 7.11 Å². The van der Waals surface area contributed by atoms with Crippen LogP contribution in [0.4, 0.5) is 0 Å². The summed E-state index contributed by atoms with van der Waals surface area (Å²) in [6.45, 7) is 4.49. The van der Waals surface area contributed by atoms with Crippen molar-refractivity contribution < 1.29 is 27.8 Å². The predicted molar refractivity (Wildman–Crippen MR) is 54.1 cm³/mol. The van der Waals surface area contributed by atoms with Crippen LogP contribution < -0.4 is 0 Å². The third kappa shape index (κ3) is 8.72. The largest absolute Gasteiger partial charge is 0.467 e. The van der Waals surface area contributed by atoms with Crippen LogP contribution in [0.1, 0.15) is 13.8 Å². The van der Waals surface area contributed by atoms with Crippen LogP contribution in [0.2, 0.25) is 0 Å². The van der Waals surface area contributed by atoms with Crippen LogP contribution in [0.3, 0.4) is 0 Å². The third-order valence-electron chi connectivity index (χ3n) is 1.16. The summed E-state index contributed by atoms with van der Waals surface area (Å²) in [7, 11) is -0.0816. The molecule has 0 aromatic rings. The summed E-state index contributed by atoms with van der Waals surface area (Å²) >= 11 is 0. The Balaban J connectivity index is 3.48. The number of carbonyl (C=O) groups excluding carboxylic acids is 1. The van der Waals surface area contributed by atoms with Gasteiger partial charge in [0.1, 0.15) is 6.61 Å². The summed E-state index contributed by atoms with van der Waals surface area (Å²) in [5.74, 6) is -0.448. The van der Waals surface area contributed by atoms with Gasteiger partial charge in [0.15, 0.2) is 6.79 Å². The van der Waals surface area contributed by atoms with E-state index in [2.05, 4.69) is 4.74 Å². The zero-order valence-corrected chi connectivity index (χ0v) is 10.1. The number of rotatable bonds is 9. The predicted octanol–water partition coefficient (Wildman–Crippen LogP) is 1.45. The van der Waals surface area contributed by atoms with Crippen LogP contribution in [0.5, 0.6) is 0 Å². The molecular formula is C8H17O6P. The first-order chi connectivity index (χ1) is 7.24. The van der Waals surface area contributed by atoms with Crippen molar-refractivity contribution in [3.8, 4) is 0 Å². The SMILES string of the molecule is CCOP(OCC)OCOCC(=O)OC. The summed E-state index contributed by atoms with van der Waals surface area (Å²) < 4.78 is 24.6. The molecule has 15 heavy (non-hydrogen) atoms. The van der Waals surface area contributed by atoms with E-state index in [0.29, 0.717) is 13.2 Å². The van der Waals surface area contributed by atoms with E-state index in [9.17, 15) is 4.79 Å². The molecule has 0 saturated heterocycles. The summed E-state index contributed by atoms with van der Waals surface area (Å²) in [6, 6.07) is 0. The highest BCUT2D eigenvalue weighted by Crippen LogP contribution is 2.38. The Labute approximate surface area is 90.8 Å². The number of carbonyl (C=O) groups is 1. The van der Waals surface area contributed by atoms with Gasteiger partial charge in [-0.25, -0.2) is 4.79 Å². The molecule has 0 heterocycles. The van der Waals surface area contributed by atoms with Crippen molar-refractivity contribution in [3.63, 3.8) is 0 Å². The summed E-state index contributed by atoms with van der Waals surface area (Å²) in [5.41, 5.74) is 0. The van der Waals surface area contributed by atoms with Crippen LogP contribution in [-0.2, 0) is 27.8 Å². The van der Waals surface area contributed by atoms with Gasteiger partial charge in [0, 0.05) is 0 Å². The van der Waals surface area contributed by atoms with E-state index in [1.807, 2.05) is 13.8 Å². The minimum atomic E-state index is -1.37. The second-order valence-electron chi connectivity index (χ2n) is 2.23. The van der Waals surface area contributed by atoms with Crippen molar-refractivity contribution in [2.45, 2.75) is 13.8 Å². The number of hydrogen-bond donors (Lipinski definition) is 0. The molecule has 0 rings (SSSR count). The van der Waals surface area contributed by atoms with Gasteiger partial charge in [0.25, 0.3) is 0 Å². The Hall–Kier alpha value is -0.260. The van der Waals surface area contributed by atoms with Gasteiger partial charge in [-0.3, -0.25) is 4.52 Å². The Kier molecular flexibility index (Phi) is 10.1. The van der Waals surface area contributed by atoms with Crippen molar-refractivity contribution >= 4 is 14.6 Å². The number of esters is 1. The van der Waals surface area contributed by atoms with Gasteiger partial charge in [-0.15, -0.1) is 0 Å². The maximum Gasteiger partial charge on any atom is 0.334 e. The van der Waals surface area contributed by atoms with Crippen LogP contribution in [0, 0.1) is 0 Å². The van der Waals surface area contributed by atoms with Crippen molar-refractivity contribution in [1.29, 1.82) is 0 Å². The van der Waals surface area contributed by atoms with E-state index in [1.54, 1.807) is 0 Å². The lowest BCUT2D eigenvalue weighted by Gasteiger charge is -2.14. The van der Waals surface area contributed by atoms with Crippen molar-refractivity contribution in [3.05, 3.63) is 0 Å². The number of ether oxygens (including phenoxy) is 2. The van der Waals surface area contributed by atoms with Gasteiger partial charge in [-0.05, 0) is 13.8 Å². The van der Waals surface area contributed by atoms with Gasteiger partial charge in [-0.1, -0.05) is 0 Å². The van der Waals surface area contributed by atoms with Crippen molar-refractivity contribution in [2.24, 2.45) is 0 Å². The van der Waals surface area contributed by atoms with Gasteiger partial charge in [0.05, 0.1) is 20.3 Å². The quantitative estimate of drug-likeness (QED) is 0.263. The molecule has 0 aromatic carbocycles. The number of hydrogen-bond acceptors (Lipinski definition) is 6. The Morgan fingerprint density at radius 2 is 1.73 bits per heavy atom. The molecule has 0 bridgehead atoms. The fourth-order valence-corrected chi connectivity index (χ4v) is 1.39. The van der Waals surface area contributed by atoms with E-state index >= 15 is 0 Å². The zero-order valence-electron chi connectivity index (χ0n) is 9.23. The minimum Gasteiger partial charge on any atom is -0.467 e. The van der Waals surface area contributed by atoms with E-state index in [0.717, 1.165) is 0 Å². The van der Waals surface area contributed by atoms with Gasteiger partial charge in [0.2, 0.25) is 0 Å². The molecule has 0 atom stereocenters. The van der Waals surface area contributed by atoms with Crippen molar-refractivity contribution in [2.75, 3.05) is 33.7 Å². The molecular weight excluding hydrogens is 223 g/mol. The van der Waals surface area contributed by atoms with Crippen molar-refractivity contribution in [1.82, 2.24) is 0 Å². The Morgan fingerprint density at radius 1 is 1.13 bits per heavy atom. The normalized spacial score (nSPS) is 10.7. The topological polar surface area (TPSA) is 63.2 Å². The maximum absolute atomic E-state index is 10.6. The molecule has 6 nitrogen and oxygen atoms in total. The number of methoxy groups -OCH3 is 1. The fraction of sp³-hybridized carbons (Fsp3) is 0.875. The highest BCUT2D eigenvalue weighted by Gasteiger charge is 2.10. The van der Waals surface area contributed by atoms with E-state index in [4.69, 9.17) is 18.3 Å². The van der Waals surface area contributed by atoms with E-state index in [-0.39, 0.29) is 13.4 Å². The second kappa shape index (κ2) is 10.3. The molecule has 7 heteroatoms. The van der Waals surface area contributed by atoms with Crippen LogP contribution in [-0.4, -0.2) is 39.7 Å². The van der Waals surface area contributed by atoms with E-state index < -0.39 is 14.6 Å². The lowest BCUT2D eigenvalue weighted by molar-refractivity contribution is -0.148. The molecule has 0 aromatic heterocycles. The minimum absolute atomic E-state index is 0.0548. The average molecular weight is 240 g/mol. The summed E-state index contributed by atoms with van der Waals surface area (Å²) in [5, 5.41) is 0. The monoisotopic (exact) mass is 240 g/mol. The molecule has 0 unspecified atom stereocenters. The lowest BCUT2D eigenvalue weighted by atomic mass is 10.7. The molecule has 0 aliphatic heterocycles. The Morgan fingerprint density at radius 3 is 2.20 bits per heavy atom. The highest BCUT2D eigenvalue weighted by atomic mass is 31.2. The molecule has 0 amide bonds. The standard InChI is InChI=1S/C8H17O6P/c1-4-12-15(13-5-2)14-7-11-6-8(9)10-3/h4-7H2,1-3H3. The second-order valence-corrected chi connectivity index (χ2v) is 3.45. The average Bonchev–Trinajstić information content (AvgIpc) is 2.24. The maximum atomic E-state index is 10.6. The first kappa shape index (κ1) is 14.7. The first-order valence-corrected chi connectivity index (χ1v) is 5.67. The Bertz CT molecular complexity index is 159. The molecule has 0 fully saturated rings. The van der Waals surface area contributed by atoms with Crippen LogP contribution >= 0.6 is 8.60 Å². The fourth-order valence-electron chi connectivity index (χ4n) is 0.587. The van der Waals surface area contributed by atoms with Gasteiger partial charge >= 0.3 is 14.6 Å². The highest BCUT2D eigenvalue weighted by molar-refractivity contribution is 7.41. The van der Waals surface area contributed by atoms with Crippen LogP contribution in [0.25, 0.3) is 0 Å². The molecule has 0 radical (unpaired) electrons. The molecule has 0 spiro atoms. The van der Waals surface area contributed by atoms with Crippen LogP contribution in [0.15, 0.2) is 0 Å². The lowest BCUT2D eigenvalue weighted by Crippen LogP contribution is -2.11. The summed E-state index contributed by atoms with van der Waals surface area (Å²) in [4.78, 5) is 10.6. The molecule has 90 valence electrons. The molecule has 0 aliphatic carbocycles. The molecule has 0 N–H and O–H groups in total. The van der Waals surface area contributed by atoms with Gasteiger partial charge in [-0.2, -0.15) is 0 Å². The first-order valence-electron chi connectivity index (χ1n) is 4.58. The molecule has 0 aliphatic rings. The smallest absolute Gasteiger partial charge is 0.334 e. The van der Waals surface area contributed by atoms with Gasteiger partial charge < -0.3 is 18.5 Å². The third-order valence-corrected chi connectivity index (χ3v) is 2.41. The zero-order chi connectivity index (χ0) is 11.5.